The summed E-state index contributed by atoms with van der Waals surface area (Å²) in [6, 6.07) is 7.71. The van der Waals surface area contributed by atoms with Crippen LogP contribution in [0.2, 0.25) is 0 Å². The van der Waals surface area contributed by atoms with Gasteiger partial charge in [0.05, 0.1) is 24.7 Å². The van der Waals surface area contributed by atoms with Crippen LogP contribution < -0.4 is 10.2 Å². The van der Waals surface area contributed by atoms with Crippen LogP contribution in [0.4, 0.5) is 0 Å². The van der Waals surface area contributed by atoms with Crippen molar-refractivity contribution < 1.29 is 29.4 Å². The van der Waals surface area contributed by atoms with Crippen molar-refractivity contribution in [1.29, 1.82) is 0 Å². The quantitative estimate of drug-likeness (QED) is 0.422. The summed E-state index contributed by atoms with van der Waals surface area (Å²) in [6.45, 7) is 7.11. The van der Waals surface area contributed by atoms with Gasteiger partial charge in [-0.3, -0.25) is 14.8 Å². The minimum atomic E-state index is -1.61. The number of morpholine rings is 1. The summed E-state index contributed by atoms with van der Waals surface area (Å²) in [6.07, 6.45) is -0.219. The van der Waals surface area contributed by atoms with Gasteiger partial charge in [-0.1, -0.05) is 12.1 Å². The van der Waals surface area contributed by atoms with Gasteiger partial charge in [-0.15, -0.1) is 0 Å². The molecule has 1 aromatic carbocycles. The van der Waals surface area contributed by atoms with E-state index in [9.17, 15) is 14.7 Å². The van der Waals surface area contributed by atoms with Crippen molar-refractivity contribution in [3.05, 3.63) is 29.8 Å². The molecule has 0 aromatic heterocycles. The topological polar surface area (TPSA) is 108 Å². The van der Waals surface area contributed by atoms with Crippen LogP contribution in [0.15, 0.2) is 24.3 Å². The molecule has 0 aliphatic carbocycles. The van der Waals surface area contributed by atoms with Crippen LogP contribution in [0.1, 0.15) is 39.2 Å². The number of nitrogens with one attached hydrogen (secondary N) is 1. The smallest absolute Gasteiger partial charge is 0.272 e. The summed E-state index contributed by atoms with van der Waals surface area (Å²) in [5.74, 6) is -1.40. The number of amides is 2. The molecular weight excluding hydrogens is 376 g/mol. The molecule has 2 unspecified atom stereocenters. The first-order chi connectivity index (χ1) is 13.8. The molecular formula is C21H32N2O6. The molecule has 0 saturated carbocycles. The Morgan fingerprint density at radius 3 is 2.41 bits per heavy atom. The van der Waals surface area contributed by atoms with Gasteiger partial charge in [-0.2, -0.15) is 0 Å². The van der Waals surface area contributed by atoms with E-state index in [0.717, 1.165) is 11.3 Å². The number of ether oxygens (including phenoxy) is 2. The number of hydroxylamine groups is 1. The average Bonchev–Trinajstić information content (AvgIpc) is 2.70. The van der Waals surface area contributed by atoms with Gasteiger partial charge < -0.3 is 19.5 Å². The number of carbonyl (C=O) groups excluding carboxylic acids is 2. The number of aryl methyl sites for hydroxylation is 1. The van der Waals surface area contributed by atoms with Gasteiger partial charge in [0.15, 0.2) is 0 Å². The van der Waals surface area contributed by atoms with E-state index in [4.69, 9.17) is 14.7 Å². The molecule has 0 radical (unpaired) electrons. The zero-order valence-corrected chi connectivity index (χ0v) is 17.3. The van der Waals surface area contributed by atoms with E-state index in [1.54, 1.807) is 4.90 Å². The molecule has 29 heavy (non-hydrogen) atoms. The monoisotopic (exact) mass is 408 g/mol. The molecule has 1 fully saturated rings. The highest BCUT2D eigenvalue weighted by molar-refractivity contribution is 5.88. The van der Waals surface area contributed by atoms with Gasteiger partial charge in [0, 0.05) is 13.1 Å². The highest BCUT2D eigenvalue weighted by atomic mass is 16.5. The Morgan fingerprint density at radius 2 is 1.86 bits per heavy atom. The molecule has 1 aromatic rings. The first kappa shape index (κ1) is 23.1. The fourth-order valence-corrected chi connectivity index (χ4v) is 3.70. The van der Waals surface area contributed by atoms with Crippen LogP contribution in [-0.2, 0) is 20.7 Å². The molecule has 1 aliphatic heterocycles. The largest absolute Gasteiger partial charge is 0.494 e. The molecule has 3 N–H and O–H groups in total. The zero-order chi connectivity index (χ0) is 21.4. The summed E-state index contributed by atoms with van der Waals surface area (Å²) in [5.41, 5.74) is 2.53. The minimum absolute atomic E-state index is 0.115. The molecule has 1 aliphatic rings. The Kier molecular flexibility index (Phi) is 8.88. The minimum Gasteiger partial charge on any atom is -0.494 e. The predicted octanol–water partition coefficient (Wildman–Crippen LogP) is 1.53. The van der Waals surface area contributed by atoms with E-state index in [2.05, 4.69) is 0 Å². The number of benzene rings is 1. The SMILES string of the molecule is CCOc1ccc(CCC[C@@H](C(=O)N2CC(C)OC(C)C2)[C@H](O)C(=O)NO)cc1. The van der Waals surface area contributed by atoms with Crippen molar-refractivity contribution in [3.8, 4) is 5.75 Å². The molecule has 0 spiro atoms. The zero-order valence-electron chi connectivity index (χ0n) is 17.3. The second-order valence-corrected chi connectivity index (χ2v) is 7.50. The maximum Gasteiger partial charge on any atom is 0.272 e. The van der Waals surface area contributed by atoms with E-state index in [0.29, 0.717) is 39.0 Å². The molecule has 4 atom stereocenters. The predicted molar refractivity (Wildman–Crippen MR) is 107 cm³/mol. The fraction of sp³-hybridized carbons (Fsp3) is 0.619. The maximum atomic E-state index is 13.0. The first-order valence-corrected chi connectivity index (χ1v) is 10.1. The van der Waals surface area contributed by atoms with E-state index in [1.165, 1.54) is 5.48 Å². The van der Waals surface area contributed by atoms with Crippen LogP contribution >= 0.6 is 0 Å². The van der Waals surface area contributed by atoms with Gasteiger partial charge >= 0.3 is 0 Å². The number of aliphatic hydroxyl groups is 1. The first-order valence-electron chi connectivity index (χ1n) is 10.1. The lowest BCUT2D eigenvalue weighted by Gasteiger charge is -2.37. The van der Waals surface area contributed by atoms with Crippen molar-refractivity contribution in [3.63, 3.8) is 0 Å². The lowest BCUT2D eigenvalue weighted by Crippen LogP contribution is -2.53. The number of aliphatic hydroxyl groups excluding tert-OH is 1. The third kappa shape index (κ3) is 6.69. The molecule has 8 heteroatoms. The summed E-state index contributed by atoms with van der Waals surface area (Å²) < 4.78 is 11.1. The lowest BCUT2D eigenvalue weighted by atomic mass is 9.92. The van der Waals surface area contributed by atoms with Crippen LogP contribution in [0, 0.1) is 5.92 Å². The lowest BCUT2D eigenvalue weighted by molar-refractivity contribution is -0.157. The average molecular weight is 408 g/mol. The molecule has 0 bridgehead atoms. The van der Waals surface area contributed by atoms with Crippen LogP contribution in [0.3, 0.4) is 0 Å². The number of hydrogen-bond donors (Lipinski definition) is 3. The van der Waals surface area contributed by atoms with Crippen molar-refractivity contribution in [2.75, 3.05) is 19.7 Å². The molecule has 162 valence electrons. The van der Waals surface area contributed by atoms with Crippen LogP contribution in [-0.4, -0.2) is 65.0 Å². The normalized spacial score (nSPS) is 21.3. The molecule has 2 amide bonds. The van der Waals surface area contributed by atoms with Crippen molar-refractivity contribution in [2.45, 2.75) is 58.3 Å². The molecule has 2 rings (SSSR count). The van der Waals surface area contributed by atoms with Gasteiger partial charge in [-0.25, -0.2) is 5.48 Å². The summed E-state index contributed by atoms with van der Waals surface area (Å²) >= 11 is 0. The van der Waals surface area contributed by atoms with Crippen molar-refractivity contribution in [2.24, 2.45) is 5.92 Å². The Hall–Kier alpha value is -2.16. The van der Waals surface area contributed by atoms with E-state index >= 15 is 0 Å². The third-order valence-electron chi connectivity index (χ3n) is 5.02. The second-order valence-electron chi connectivity index (χ2n) is 7.50. The highest BCUT2D eigenvalue weighted by Crippen LogP contribution is 2.22. The number of carbonyl (C=O) groups is 2. The van der Waals surface area contributed by atoms with Crippen LogP contribution in [0.25, 0.3) is 0 Å². The van der Waals surface area contributed by atoms with Gasteiger partial charge in [0.2, 0.25) is 5.91 Å². The Morgan fingerprint density at radius 1 is 1.24 bits per heavy atom. The summed E-state index contributed by atoms with van der Waals surface area (Å²) in [4.78, 5) is 26.5. The Balaban J connectivity index is 2.01. The number of nitrogens with zero attached hydrogens (tertiary/aromatic N) is 1. The third-order valence-corrected chi connectivity index (χ3v) is 5.02. The van der Waals surface area contributed by atoms with Crippen molar-refractivity contribution >= 4 is 11.8 Å². The van der Waals surface area contributed by atoms with E-state index < -0.39 is 17.9 Å². The van der Waals surface area contributed by atoms with Gasteiger partial charge in [0.25, 0.3) is 5.91 Å². The number of rotatable bonds is 9. The summed E-state index contributed by atoms with van der Waals surface area (Å²) in [5, 5.41) is 19.2. The summed E-state index contributed by atoms with van der Waals surface area (Å²) in [7, 11) is 0. The Labute approximate surface area is 171 Å². The van der Waals surface area contributed by atoms with Gasteiger partial charge in [-0.05, 0) is 57.7 Å². The standard InChI is InChI=1S/C21H32N2O6/c1-4-28-17-10-8-16(9-11-17)6-5-7-18(19(24)20(25)22-27)21(26)23-12-14(2)29-15(3)13-23/h8-11,14-15,18-19,24,27H,4-7,12-13H2,1-3H3,(H,22,25)/t14?,15?,18-,19+/m1/s1. The molecule has 1 saturated heterocycles. The van der Waals surface area contributed by atoms with E-state index in [1.807, 2.05) is 45.0 Å². The second kappa shape index (κ2) is 11.1. The molecule has 8 nitrogen and oxygen atoms in total. The van der Waals surface area contributed by atoms with Crippen molar-refractivity contribution in [1.82, 2.24) is 10.4 Å². The highest BCUT2D eigenvalue weighted by Gasteiger charge is 2.37. The van der Waals surface area contributed by atoms with Gasteiger partial charge in [0.1, 0.15) is 11.9 Å². The van der Waals surface area contributed by atoms with E-state index in [-0.39, 0.29) is 18.1 Å². The Bertz CT molecular complexity index is 656. The molecule has 1 heterocycles. The maximum absolute atomic E-state index is 13.0. The number of hydrogen-bond acceptors (Lipinski definition) is 6. The van der Waals surface area contributed by atoms with Crippen LogP contribution in [0.5, 0.6) is 5.75 Å². The fourth-order valence-electron chi connectivity index (χ4n) is 3.70.